The number of aliphatic carboxylic acids is 1. The van der Waals surface area contributed by atoms with Gasteiger partial charge < -0.3 is 9.90 Å². The SMILES string of the molecule is O=CC1CCC(C(=O)c2ccccc2)C1C(=O)O. The summed E-state index contributed by atoms with van der Waals surface area (Å²) in [6.45, 7) is 0. The number of hydrogen-bond donors (Lipinski definition) is 1. The Bertz CT molecular complexity index is 466. The van der Waals surface area contributed by atoms with Crippen LogP contribution in [0.15, 0.2) is 30.3 Å². The van der Waals surface area contributed by atoms with Crippen LogP contribution in [0.1, 0.15) is 23.2 Å². The minimum absolute atomic E-state index is 0.174. The van der Waals surface area contributed by atoms with Crippen LogP contribution in [0.4, 0.5) is 0 Å². The van der Waals surface area contributed by atoms with Crippen LogP contribution in [-0.4, -0.2) is 23.1 Å². The van der Waals surface area contributed by atoms with E-state index in [1.807, 2.05) is 0 Å². The van der Waals surface area contributed by atoms with Gasteiger partial charge in [-0.3, -0.25) is 9.59 Å². The number of benzene rings is 1. The second-order valence-corrected chi connectivity index (χ2v) is 4.58. The van der Waals surface area contributed by atoms with E-state index in [1.165, 1.54) is 0 Å². The maximum absolute atomic E-state index is 12.2. The first kappa shape index (κ1) is 12.5. The van der Waals surface area contributed by atoms with E-state index >= 15 is 0 Å². The fourth-order valence-electron chi connectivity index (χ4n) is 2.65. The van der Waals surface area contributed by atoms with Gasteiger partial charge in [0.1, 0.15) is 6.29 Å². The molecular formula is C14H14O4. The number of rotatable bonds is 4. The minimum atomic E-state index is -1.06. The Hall–Kier alpha value is -1.97. The van der Waals surface area contributed by atoms with E-state index in [2.05, 4.69) is 0 Å². The average Bonchev–Trinajstić information content (AvgIpc) is 2.82. The second kappa shape index (κ2) is 5.12. The number of carbonyl (C=O) groups excluding carboxylic acids is 2. The second-order valence-electron chi connectivity index (χ2n) is 4.58. The van der Waals surface area contributed by atoms with Gasteiger partial charge in [0, 0.05) is 17.4 Å². The molecule has 4 heteroatoms. The zero-order valence-electron chi connectivity index (χ0n) is 9.78. The first-order valence-electron chi connectivity index (χ1n) is 5.92. The topological polar surface area (TPSA) is 71.4 Å². The molecule has 3 unspecified atom stereocenters. The van der Waals surface area contributed by atoms with E-state index in [0.29, 0.717) is 24.7 Å². The lowest BCUT2D eigenvalue weighted by Gasteiger charge is -2.16. The van der Waals surface area contributed by atoms with E-state index < -0.39 is 23.7 Å². The van der Waals surface area contributed by atoms with E-state index in [9.17, 15) is 14.4 Å². The van der Waals surface area contributed by atoms with E-state index in [1.54, 1.807) is 30.3 Å². The normalized spacial score (nSPS) is 26.8. The lowest BCUT2D eigenvalue weighted by Crippen LogP contribution is -2.30. The smallest absolute Gasteiger partial charge is 0.307 e. The number of hydrogen-bond acceptors (Lipinski definition) is 3. The first-order valence-corrected chi connectivity index (χ1v) is 5.92. The van der Waals surface area contributed by atoms with Crippen molar-refractivity contribution in [2.24, 2.45) is 17.8 Å². The van der Waals surface area contributed by atoms with Gasteiger partial charge in [-0.25, -0.2) is 0 Å². The van der Waals surface area contributed by atoms with Crippen molar-refractivity contribution in [1.82, 2.24) is 0 Å². The molecule has 2 rings (SSSR count). The molecule has 0 heterocycles. The standard InChI is InChI=1S/C14H14O4/c15-8-10-6-7-11(12(10)14(17)18)13(16)9-4-2-1-3-5-9/h1-5,8,10-12H,6-7H2,(H,17,18). The van der Waals surface area contributed by atoms with Gasteiger partial charge >= 0.3 is 5.97 Å². The summed E-state index contributed by atoms with van der Waals surface area (Å²) in [5.74, 6) is -3.23. The Labute approximate surface area is 105 Å². The van der Waals surface area contributed by atoms with Crippen LogP contribution in [0.2, 0.25) is 0 Å². The molecule has 1 aliphatic carbocycles. The molecule has 1 fully saturated rings. The highest BCUT2D eigenvalue weighted by Gasteiger charge is 2.44. The maximum atomic E-state index is 12.2. The van der Waals surface area contributed by atoms with Crippen LogP contribution < -0.4 is 0 Å². The van der Waals surface area contributed by atoms with Crippen LogP contribution in [0, 0.1) is 17.8 Å². The van der Waals surface area contributed by atoms with E-state index in [-0.39, 0.29) is 5.78 Å². The molecule has 1 N–H and O–H groups in total. The predicted octanol–water partition coefficient (Wildman–Crippen LogP) is 1.80. The Morgan fingerprint density at radius 1 is 1.17 bits per heavy atom. The molecule has 0 spiro atoms. The van der Waals surface area contributed by atoms with Crippen molar-refractivity contribution >= 4 is 18.0 Å². The third kappa shape index (κ3) is 2.18. The molecule has 1 aromatic rings. The summed E-state index contributed by atoms with van der Waals surface area (Å²) in [5, 5.41) is 9.17. The summed E-state index contributed by atoms with van der Waals surface area (Å²) in [5.41, 5.74) is 0.514. The molecule has 18 heavy (non-hydrogen) atoms. The van der Waals surface area contributed by atoms with E-state index in [4.69, 9.17) is 5.11 Å². The number of carbonyl (C=O) groups is 3. The van der Waals surface area contributed by atoms with Crippen LogP contribution in [0.5, 0.6) is 0 Å². The molecule has 0 saturated heterocycles. The van der Waals surface area contributed by atoms with Crippen LogP contribution in [0.25, 0.3) is 0 Å². The minimum Gasteiger partial charge on any atom is -0.481 e. The predicted molar refractivity (Wildman–Crippen MR) is 64.2 cm³/mol. The summed E-state index contributed by atoms with van der Waals surface area (Å²) >= 11 is 0. The number of carboxylic acid groups (broad SMARTS) is 1. The van der Waals surface area contributed by atoms with Gasteiger partial charge in [-0.1, -0.05) is 30.3 Å². The van der Waals surface area contributed by atoms with Crippen molar-refractivity contribution < 1.29 is 19.5 Å². The number of ketones is 1. The van der Waals surface area contributed by atoms with Crippen LogP contribution in [-0.2, 0) is 9.59 Å². The molecule has 0 bridgehead atoms. The first-order chi connectivity index (χ1) is 8.65. The van der Waals surface area contributed by atoms with Gasteiger partial charge in [0.2, 0.25) is 0 Å². The third-order valence-electron chi connectivity index (χ3n) is 3.56. The van der Waals surface area contributed by atoms with Gasteiger partial charge in [0.15, 0.2) is 5.78 Å². The quantitative estimate of drug-likeness (QED) is 0.649. The molecule has 0 amide bonds. The Morgan fingerprint density at radius 2 is 1.83 bits per heavy atom. The highest BCUT2D eigenvalue weighted by molar-refractivity contribution is 6.00. The Balaban J connectivity index is 2.25. The molecule has 1 saturated carbocycles. The summed E-state index contributed by atoms with van der Waals surface area (Å²) < 4.78 is 0. The van der Waals surface area contributed by atoms with Crippen LogP contribution in [0.3, 0.4) is 0 Å². The number of Topliss-reactive ketones (excluding diaryl/α,β-unsaturated/α-hetero) is 1. The summed E-state index contributed by atoms with van der Waals surface area (Å²) in [7, 11) is 0. The molecule has 0 radical (unpaired) electrons. The molecule has 1 aromatic carbocycles. The fourth-order valence-corrected chi connectivity index (χ4v) is 2.65. The monoisotopic (exact) mass is 246 g/mol. The highest BCUT2D eigenvalue weighted by atomic mass is 16.4. The lowest BCUT2D eigenvalue weighted by molar-refractivity contribution is -0.145. The number of aldehydes is 1. The molecule has 0 aromatic heterocycles. The average molecular weight is 246 g/mol. The summed E-state index contributed by atoms with van der Waals surface area (Å²) in [6, 6.07) is 8.64. The maximum Gasteiger partial charge on any atom is 0.307 e. The van der Waals surface area contributed by atoms with Crippen molar-refractivity contribution in [3.8, 4) is 0 Å². The zero-order valence-corrected chi connectivity index (χ0v) is 9.78. The molecule has 4 nitrogen and oxygen atoms in total. The van der Waals surface area contributed by atoms with Gasteiger partial charge in [0.25, 0.3) is 0 Å². The van der Waals surface area contributed by atoms with Crippen LogP contribution >= 0.6 is 0 Å². The lowest BCUT2D eigenvalue weighted by atomic mass is 9.85. The Morgan fingerprint density at radius 3 is 2.39 bits per heavy atom. The van der Waals surface area contributed by atoms with Crippen molar-refractivity contribution in [1.29, 1.82) is 0 Å². The van der Waals surface area contributed by atoms with E-state index in [0.717, 1.165) is 0 Å². The van der Waals surface area contributed by atoms with Crippen molar-refractivity contribution in [3.05, 3.63) is 35.9 Å². The van der Waals surface area contributed by atoms with Gasteiger partial charge in [0.05, 0.1) is 5.92 Å². The summed E-state index contributed by atoms with van der Waals surface area (Å²) in [6.07, 6.45) is 1.61. The molecule has 94 valence electrons. The van der Waals surface area contributed by atoms with Gasteiger partial charge in [-0.05, 0) is 12.8 Å². The van der Waals surface area contributed by atoms with Crippen molar-refractivity contribution in [2.75, 3.05) is 0 Å². The fraction of sp³-hybridized carbons (Fsp3) is 0.357. The van der Waals surface area contributed by atoms with Gasteiger partial charge in [-0.15, -0.1) is 0 Å². The van der Waals surface area contributed by atoms with Crippen molar-refractivity contribution in [2.45, 2.75) is 12.8 Å². The van der Waals surface area contributed by atoms with Crippen molar-refractivity contribution in [3.63, 3.8) is 0 Å². The summed E-state index contributed by atoms with van der Waals surface area (Å²) in [4.78, 5) is 34.3. The zero-order chi connectivity index (χ0) is 13.1. The third-order valence-corrected chi connectivity index (χ3v) is 3.56. The molecule has 3 atom stereocenters. The highest BCUT2D eigenvalue weighted by Crippen LogP contribution is 2.38. The Kier molecular flexibility index (Phi) is 3.55. The van der Waals surface area contributed by atoms with Gasteiger partial charge in [-0.2, -0.15) is 0 Å². The molecule has 0 aliphatic heterocycles. The molecule has 1 aliphatic rings. The largest absolute Gasteiger partial charge is 0.481 e. The number of carboxylic acids is 1. The molecular weight excluding hydrogens is 232 g/mol.